The number of piperidine rings is 3. The van der Waals surface area contributed by atoms with Gasteiger partial charge in [-0.05, 0) is 17.0 Å². The standard InChI is InChI=1S/C30H35ClN10O3/c31-24-26(33)39-25(32)22(38-24)27(42)40-30(34)37-21-17-41(13-11-20(21)12-14-41)23(28(43)35-15-18-7-3-1-4-8-18)29(44)36-16-19-9-5-2-6-10-19/h1-10,20-21,23H,11-17H2,(H8-,32,33,34,35,36,37,39,40,42,43,44)/p+1. The summed E-state index contributed by atoms with van der Waals surface area (Å²) in [6.45, 7) is 2.28. The zero-order valence-corrected chi connectivity index (χ0v) is 24.8. The number of benzene rings is 2. The largest absolute Gasteiger partial charge is 0.382 e. The number of nitrogens with zero attached hydrogens (tertiary/aromatic N) is 4. The summed E-state index contributed by atoms with van der Waals surface area (Å²) < 4.78 is 0.235. The van der Waals surface area contributed by atoms with E-state index in [4.69, 9.17) is 28.8 Å². The number of aliphatic imine (C=N–C) groups is 1. The van der Waals surface area contributed by atoms with E-state index in [0.717, 1.165) is 24.0 Å². The summed E-state index contributed by atoms with van der Waals surface area (Å²) in [6, 6.07) is 17.8. The first-order valence-electron chi connectivity index (χ1n) is 14.4. The molecule has 0 saturated carbocycles. The monoisotopic (exact) mass is 619 g/mol. The summed E-state index contributed by atoms with van der Waals surface area (Å²) in [4.78, 5) is 52.8. The number of fused-ring (bicyclic) bond motifs is 3. The van der Waals surface area contributed by atoms with Gasteiger partial charge in [-0.2, -0.15) is 0 Å². The molecule has 9 N–H and O–H groups in total. The van der Waals surface area contributed by atoms with Crippen molar-refractivity contribution < 1.29 is 18.9 Å². The van der Waals surface area contributed by atoms with Crippen LogP contribution in [0, 0.1) is 5.92 Å². The smallest absolute Gasteiger partial charge is 0.288 e. The maximum absolute atomic E-state index is 13.8. The minimum absolute atomic E-state index is 0.0983. The van der Waals surface area contributed by atoms with E-state index in [1.54, 1.807) is 0 Å². The molecule has 3 saturated heterocycles. The van der Waals surface area contributed by atoms with Gasteiger partial charge in [0.15, 0.2) is 28.4 Å². The Kier molecular flexibility index (Phi) is 9.26. The van der Waals surface area contributed by atoms with Crippen molar-refractivity contribution in [3.63, 3.8) is 0 Å². The Hall–Kier alpha value is -4.75. The summed E-state index contributed by atoms with van der Waals surface area (Å²) in [6.07, 6.45) is 1.49. The average molecular weight is 620 g/mol. The number of hydrogen-bond donors (Lipinski definition) is 6. The molecule has 3 amide bonds. The number of hydrogen-bond acceptors (Lipinski definition) is 8. The number of amides is 3. The van der Waals surface area contributed by atoms with Crippen LogP contribution < -0.4 is 33.2 Å². The average Bonchev–Trinajstić information content (AvgIpc) is 3.02. The fourth-order valence-corrected chi connectivity index (χ4v) is 6.20. The van der Waals surface area contributed by atoms with Crippen LogP contribution in [0.2, 0.25) is 5.15 Å². The van der Waals surface area contributed by atoms with E-state index < -0.39 is 11.9 Å². The van der Waals surface area contributed by atoms with Crippen LogP contribution >= 0.6 is 11.6 Å². The van der Waals surface area contributed by atoms with Gasteiger partial charge in [0.1, 0.15) is 12.6 Å². The second-order valence-corrected chi connectivity index (χ2v) is 11.5. The van der Waals surface area contributed by atoms with Crippen LogP contribution in [0.4, 0.5) is 11.6 Å². The number of guanidine groups is 1. The minimum Gasteiger partial charge on any atom is -0.382 e. The molecule has 3 aliphatic heterocycles. The number of quaternary nitrogens is 1. The fourth-order valence-electron chi connectivity index (χ4n) is 6.08. The van der Waals surface area contributed by atoms with E-state index in [-0.39, 0.29) is 56.7 Å². The zero-order chi connectivity index (χ0) is 31.3. The third kappa shape index (κ3) is 6.90. The topological polar surface area (TPSA) is 204 Å². The highest BCUT2D eigenvalue weighted by Gasteiger charge is 2.55. The number of aromatic nitrogens is 2. The van der Waals surface area contributed by atoms with Gasteiger partial charge in [0.2, 0.25) is 6.04 Å². The Bertz CT molecular complexity index is 1490. The number of rotatable bonds is 9. The van der Waals surface area contributed by atoms with E-state index in [1.807, 2.05) is 60.7 Å². The number of carbonyl (C=O) groups excluding carboxylic acids is 3. The van der Waals surface area contributed by atoms with Crippen LogP contribution in [0.25, 0.3) is 0 Å². The van der Waals surface area contributed by atoms with Crippen molar-refractivity contribution >= 4 is 46.9 Å². The first kappa shape index (κ1) is 30.7. The van der Waals surface area contributed by atoms with Gasteiger partial charge in [-0.25, -0.2) is 15.0 Å². The molecule has 0 radical (unpaired) electrons. The molecule has 2 bridgehead atoms. The first-order chi connectivity index (χ1) is 21.1. The number of nitrogen functional groups attached to an aromatic ring is 2. The molecular formula is C30H36ClN10O3+. The Morgan fingerprint density at radius 2 is 1.43 bits per heavy atom. The van der Waals surface area contributed by atoms with Gasteiger partial charge in [0.05, 0.1) is 13.1 Å². The van der Waals surface area contributed by atoms with Gasteiger partial charge in [-0.3, -0.25) is 19.7 Å². The lowest BCUT2D eigenvalue weighted by atomic mass is 9.80. The Morgan fingerprint density at radius 3 is 1.98 bits per heavy atom. The second-order valence-electron chi connectivity index (χ2n) is 11.2. The van der Waals surface area contributed by atoms with Crippen molar-refractivity contribution in [2.45, 2.75) is 38.0 Å². The molecular weight excluding hydrogens is 584 g/mol. The van der Waals surface area contributed by atoms with Crippen LogP contribution in [-0.2, 0) is 22.7 Å². The molecule has 1 atom stereocenters. The highest BCUT2D eigenvalue weighted by Crippen LogP contribution is 2.38. The van der Waals surface area contributed by atoms with Crippen molar-refractivity contribution in [3.05, 3.63) is 82.6 Å². The summed E-state index contributed by atoms with van der Waals surface area (Å²) in [5, 5.41) is 8.31. The van der Waals surface area contributed by atoms with Crippen molar-refractivity contribution in [3.8, 4) is 0 Å². The lowest BCUT2D eigenvalue weighted by molar-refractivity contribution is -0.949. The van der Waals surface area contributed by atoms with Crippen molar-refractivity contribution in [2.75, 3.05) is 31.1 Å². The van der Waals surface area contributed by atoms with Gasteiger partial charge in [0, 0.05) is 25.9 Å². The molecule has 2 aromatic carbocycles. The first-order valence-corrected chi connectivity index (χ1v) is 14.7. The number of nitrogens with one attached hydrogen (secondary N) is 3. The number of halogens is 1. The molecule has 0 spiro atoms. The van der Waals surface area contributed by atoms with E-state index in [2.05, 4.69) is 30.9 Å². The van der Waals surface area contributed by atoms with Gasteiger partial charge < -0.3 is 32.3 Å². The molecule has 13 nitrogen and oxygen atoms in total. The molecule has 3 aliphatic rings. The predicted molar refractivity (Wildman–Crippen MR) is 167 cm³/mol. The molecule has 14 heteroatoms. The van der Waals surface area contributed by atoms with E-state index >= 15 is 0 Å². The lowest BCUT2D eigenvalue weighted by Gasteiger charge is -2.53. The molecule has 1 aromatic heterocycles. The summed E-state index contributed by atoms with van der Waals surface area (Å²) >= 11 is 5.91. The second kappa shape index (κ2) is 13.3. The maximum Gasteiger partial charge on any atom is 0.288 e. The molecule has 6 rings (SSSR count). The van der Waals surface area contributed by atoms with Gasteiger partial charge in [0.25, 0.3) is 17.7 Å². The normalized spacial score (nSPS) is 21.1. The van der Waals surface area contributed by atoms with Crippen molar-refractivity contribution in [2.24, 2.45) is 16.6 Å². The predicted octanol–water partition coefficient (Wildman–Crippen LogP) is 0.949. The quantitative estimate of drug-likeness (QED) is 0.0878. The third-order valence-electron chi connectivity index (χ3n) is 8.32. The van der Waals surface area contributed by atoms with Gasteiger partial charge in [-0.15, -0.1) is 0 Å². The SMILES string of the molecule is NC(=NC1C[N+]2(C(C(=O)NCc3ccccc3)C(=O)NCc3ccccc3)CCC1CC2)NC(=O)c1nc(Cl)c(N)nc1N. The highest BCUT2D eigenvalue weighted by atomic mass is 35.5. The van der Waals surface area contributed by atoms with Crippen LogP contribution in [-0.4, -0.2) is 69.9 Å². The summed E-state index contributed by atoms with van der Waals surface area (Å²) in [5.41, 5.74) is 19.2. The van der Waals surface area contributed by atoms with Crippen LogP contribution in [0.15, 0.2) is 65.7 Å². The summed E-state index contributed by atoms with van der Waals surface area (Å²) in [7, 11) is 0. The number of carbonyl (C=O) groups is 3. The highest BCUT2D eigenvalue weighted by molar-refractivity contribution is 6.31. The third-order valence-corrected chi connectivity index (χ3v) is 8.59. The Morgan fingerprint density at radius 1 is 0.886 bits per heavy atom. The summed E-state index contributed by atoms with van der Waals surface area (Å²) in [5.74, 6) is -1.69. The van der Waals surface area contributed by atoms with Gasteiger partial charge in [-0.1, -0.05) is 72.3 Å². The number of nitrogens with two attached hydrogens (primary N) is 3. The maximum atomic E-state index is 13.8. The van der Waals surface area contributed by atoms with Crippen molar-refractivity contribution in [1.29, 1.82) is 0 Å². The minimum atomic E-state index is -0.996. The van der Waals surface area contributed by atoms with Crippen molar-refractivity contribution in [1.82, 2.24) is 25.9 Å². The Labute approximate surface area is 259 Å². The number of anilines is 2. The van der Waals surface area contributed by atoms with Crippen LogP contribution in [0.3, 0.4) is 0 Å². The van der Waals surface area contributed by atoms with E-state index in [0.29, 0.717) is 32.7 Å². The van der Waals surface area contributed by atoms with E-state index in [9.17, 15) is 14.4 Å². The molecule has 1 unspecified atom stereocenters. The molecule has 0 aliphatic carbocycles. The lowest BCUT2D eigenvalue weighted by Crippen LogP contribution is -2.73. The molecule has 3 aromatic rings. The molecule has 3 fully saturated rings. The van der Waals surface area contributed by atoms with Crippen LogP contribution in [0.5, 0.6) is 0 Å². The van der Waals surface area contributed by atoms with Gasteiger partial charge >= 0.3 is 0 Å². The Balaban J connectivity index is 1.35. The molecule has 230 valence electrons. The molecule has 4 heterocycles. The van der Waals surface area contributed by atoms with E-state index in [1.165, 1.54) is 0 Å². The zero-order valence-electron chi connectivity index (χ0n) is 24.1. The van der Waals surface area contributed by atoms with Crippen LogP contribution in [0.1, 0.15) is 34.5 Å². The molecule has 44 heavy (non-hydrogen) atoms. The fraction of sp³-hybridized carbons (Fsp3) is 0.333.